The molecule has 1 amide bonds. The molecule has 0 radical (unpaired) electrons. The molecular weight excluding hydrogens is 506 g/mol. The summed E-state index contributed by atoms with van der Waals surface area (Å²) in [7, 11) is -3.67. The lowest BCUT2D eigenvalue weighted by atomic mass is 9.66. The largest absolute Gasteiger partial charge is 0.343 e. The number of carbonyl (C=O) groups is 1. The number of carbonyl (C=O) groups excluding carboxylic acids is 1. The Kier molecular flexibility index (Phi) is 6.56. The van der Waals surface area contributed by atoms with Crippen LogP contribution in [0.5, 0.6) is 0 Å². The molecule has 11 nitrogen and oxygen atoms in total. The zero-order chi connectivity index (χ0) is 25.6. The number of piperidine rings is 1. The average Bonchev–Trinajstić information content (AvgIpc) is 3.22. The third kappa shape index (κ3) is 4.62. The number of nitrogens with zero attached hydrogens (tertiary/aromatic N) is 5. The van der Waals surface area contributed by atoms with Gasteiger partial charge < -0.3 is 15.2 Å². The molecule has 3 aliphatic rings. The van der Waals surface area contributed by atoms with Crippen LogP contribution >= 0.6 is 11.6 Å². The van der Waals surface area contributed by atoms with Gasteiger partial charge >= 0.3 is 0 Å². The van der Waals surface area contributed by atoms with Crippen LogP contribution in [0.4, 0.5) is 0 Å². The predicted molar refractivity (Wildman–Crippen MR) is 134 cm³/mol. The highest BCUT2D eigenvalue weighted by Crippen LogP contribution is 2.54. The minimum absolute atomic E-state index is 0.110. The normalized spacial score (nSPS) is 25.4. The average molecular weight is 536 g/mol. The molecule has 0 bridgehead atoms. The molecule has 3 aromatic heterocycles. The van der Waals surface area contributed by atoms with Crippen LogP contribution in [0, 0.1) is 0 Å². The minimum Gasteiger partial charge on any atom is -0.343 e. The lowest BCUT2D eigenvalue weighted by Gasteiger charge is -2.48. The smallest absolute Gasteiger partial charge is 0.261 e. The lowest BCUT2D eigenvalue weighted by molar-refractivity contribution is -0.140. The molecule has 1 saturated carbocycles. The van der Waals surface area contributed by atoms with Crippen LogP contribution in [0.3, 0.4) is 0 Å². The van der Waals surface area contributed by atoms with E-state index in [2.05, 4.69) is 20.4 Å². The van der Waals surface area contributed by atoms with Crippen molar-refractivity contribution in [2.75, 3.05) is 25.9 Å². The maximum Gasteiger partial charge on any atom is 0.261 e. The molecular formula is C23H30ClN7O4S. The highest BCUT2D eigenvalue weighted by molar-refractivity contribution is 7.85. The van der Waals surface area contributed by atoms with E-state index in [1.807, 2.05) is 27.9 Å². The molecule has 0 aromatic carbocycles. The number of likely N-dealkylation sites (tertiary alicyclic amines) is 1. The number of hydrogen-bond acceptors (Lipinski definition) is 7. The van der Waals surface area contributed by atoms with Crippen LogP contribution in [0.25, 0.3) is 11.2 Å². The van der Waals surface area contributed by atoms with Crippen LogP contribution in [0.2, 0.25) is 5.02 Å². The number of aromatic nitrogens is 5. The Morgan fingerprint density at radius 1 is 1.19 bits per heavy atom. The van der Waals surface area contributed by atoms with E-state index >= 15 is 0 Å². The van der Waals surface area contributed by atoms with Crippen LogP contribution in [-0.2, 0) is 25.9 Å². The number of aromatic amines is 1. The fourth-order valence-electron chi connectivity index (χ4n) is 5.79. The number of amides is 1. The molecule has 2 saturated heterocycles. The van der Waals surface area contributed by atoms with Gasteiger partial charge in [-0.25, -0.2) is 9.97 Å². The zero-order valence-corrected chi connectivity index (χ0v) is 21.6. The summed E-state index contributed by atoms with van der Waals surface area (Å²) in [4.78, 5) is 28.7. The van der Waals surface area contributed by atoms with Crippen molar-refractivity contribution >= 4 is 38.8 Å². The van der Waals surface area contributed by atoms with Gasteiger partial charge in [-0.15, -0.1) is 0 Å². The van der Waals surface area contributed by atoms with E-state index in [1.165, 1.54) is 0 Å². The van der Waals surface area contributed by atoms with E-state index in [4.69, 9.17) is 21.1 Å². The van der Waals surface area contributed by atoms with E-state index in [-0.39, 0.29) is 17.5 Å². The molecule has 1 aliphatic carbocycles. The molecule has 5 heterocycles. The van der Waals surface area contributed by atoms with Gasteiger partial charge in [-0.1, -0.05) is 11.6 Å². The predicted octanol–water partition coefficient (Wildman–Crippen LogP) is 2.11. The summed E-state index contributed by atoms with van der Waals surface area (Å²) in [6.45, 7) is 2.51. The first kappa shape index (κ1) is 25.1. The van der Waals surface area contributed by atoms with Crippen molar-refractivity contribution in [2.45, 2.75) is 55.5 Å². The van der Waals surface area contributed by atoms with Crippen LogP contribution in [0.1, 0.15) is 44.2 Å². The molecule has 6 rings (SSSR count). The van der Waals surface area contributed by atoms with Gasteiger partial charge in [-0.05, 0) is 57.2 Å². The summed E-state index contributed by atoms with van der Waals surface area (Å²) in [5.41, 5.74) is 1.32. The van der Waals surface area contributed by atoms with Crippen molar-refractivity contribution in [1.82, 2.24) is 34.9 Å². The summed E-state index contributed by atoms with van der Waals surface area (Å²) in [6, 6.07) is 3.90. The molecule has 1 unspecified atom stereocenters. The Hall–Kier alpha value is -2.54. The summed E-state index contributed by atoms with van der Waals surface area (Å²) < 4.78 is 27.9. The Labute approximate surface area is 214 Å². The topological polar surface area (TPSA) is 146 Å². The molecule has 0 spiro atoms. The molecule has 3 N–H and O–H groups in total. The first-order chi connectivity index (χ1) is 17.1. The number of hydrogen-bond donors (Lipinski definition) is 3. The zero-order valence-electron chi connectivity index (χ0n) is 20.0. The fraction of sp³-hybridized carbons (Fsp3) is 0.565. The minimum atomic E-state index is -3.67. The van der Waals surface area contributed by atoms with Crippen molar-refractivity contribution in [3.8, 4) is 0 Å². The maximum absolute atomic E-state index is 14.3. The van der Waals surface area contributed by atoms with Crippen molar-refractivity contribution in [3.63, 3.8) is 0 Å². The first-order valence-corrected chi connectivity index (χ1v) is 14.3. The van der Waals surface area contributed by atoms with Gasteiger partial charge in [0.05, 0.1) is 46.6 Å². The maximum atomic E-state index is 14.3. The first-order valence-electron chi connectivity index (χ1n) is 12.1. The third-order valence-electron chi connectivity index (χ3n) is 7.41. The monoisotopic (exact) mass is 535 g/mol. The van der Waals surface area contributed by atoms with E-state index in [0.29, 0.717) is 16.9 Å². The Morgan fingerprint density at radius 2 is 1.92 bits per heavy atom. The van der Waals surface area contributed by atoms with E-state index in [0.717, 1.165) is 69.4 Å². The van der Waals surface area contributed by atoms with Gasteiger partial charge in [0, 0.05) is 19.3 Å². The Bertz CT molecular complexity index is 1360. The molecule has 36 heavy (non-hydrogen) atoms. The van der Waals surface area contributed by atoms with E-state index in [1.54, 1.807) is 12.5 Å². The highest BCUT2D eigenvalue weighted by Gasteiger charge is 2.64. The number of halogens is 1. The number of pyridine rings is 1. The highest BCUT2D eigenvalue weighted by atomic mass is 35.5. The van der Waals surface area contributed by atoms with E-state index < -0.39 is 15.5 Å². The van der Waals surface area contributed by atoms with Crippen LogP contribution < -0.4 is 5.32 Å². The number of rotatable bonds is 4. The van der Waals surface area contributed by atoms with Crippen LogP contribution in [-0.4, -0.2) is 80.4 Å². The second kappa shape index (κ2) is 9.40. The standard InChI is InChI=1S/C22H26ClN7O.CH4O3S/c23-15-12-27-30(13-15)21(7-8-21)19-22(6-3-9-24-19,20(31)29-10-1-2-11-29)17-5-4-16-18(28-17)26-14-25-16;1-5(2,3)4/h4-5,12-14,19,24H,1-3,6-11H2,(H,25,26,28);1H3,(H,2,3,4)/t19-,22?;/m0./s1. The summed E-state index contributed by atoms with van der Waals surface area (Å²) in [6.07, 6.45) is 11.7. The van der Waals surface area contributed by atoms with Crippen molar-refractivity contribution in [1.29, 1.82) is 0 Å². The SMILES string of the molecule is CS(=O)(=O)O.O=C(N1CCCC1)C1(c2ccc3[nH]cnc3n2)CCCN[C@H]1C1(n2cc(Cl)cn2)CC1. The lowest BCUT2D eigenvalue weighted by Crippen LogP contribution is -2.66. The number of nitrogens with one attached hydrogen (secondary N) is 2. The number of fused-ring (bicyclic) bond motifs is 1. The van der Waals surface area contributed by atoms with Gasteiger partial charge in [-0.3, -0.25) is 14.0 Å². The Morgan fingerprint density at radius 3 is 2.56 bits per heavy atom. The van der Waals surface area contributed by atoms with Crippen molar-refractivity contribution in [3.05, 3.63) is 41.6 Å². The Balaban J connectivity index is 0.000000489. The number of H-pyrrole nitrogens is 1. The third-order valence-corrected chi connectivity index (χ3v) is 7.61. The summed E-state index contributed by atoms with van der Waals surface area (Å²) in [5.74, 6) is 0.189. The van der Waals surface area contributed by atoms with Gasteiger partial charge in [0.15, 0.2) is 5.65 Å². The molecule has 3 aromatic rings. The molecule has 2 atom stereocenters. The quantitative estimate of drug-likeness (QED) is 0.430. The van der Waals surface area contributed by atoms with Gasteiger partial charge in [0.2, 0.25) is 5.91 Å². The summed E-state index contributed by atoms with van der Waals surface area (Å²) >= 11 is 6.24. The van der Waals surface area contributed by atoms with Crippen molar-refractivity contribution in [2.24, 2.45) is 0 Å². The molecule has 2 aliphatic heterocycles. The second-order valence-electron chi connectivity index (χ2n) is 9.87. The molecule has 13 heteroatoms. The van der Waals surface area contributed by atoms with Gasteiger partial charge in [0.25, 0.3) is 10.1 Å². The van der Waals surface area contributed by atoms with E-state index in [9.17, 15) is 13.2 Å². The fourth-order valence-corrected chi connectivity index (χ4v) is 5.93. The molecule has 3 fully saturated rings. The van der Waals surface area contributed by atoms with Gasteiger partial charge in [-0.2, -0.15) is 13.5 Å². The van der Waals surface area contributed by atoms with Crippen LogP contribution in [0.15, 0.2) is 30.9 Å². The second-order valence-corrected chi connectivity index (χ2v) is 11.8. The molecule has 194 valence electrons. The number of imidazole rings is 1. The van der Waals surface area contributed by atoms with Crippen molar-refractivity contribution < 1.29 is 17.8 Å². The van der Waals surface area contributed by atoms with Gasteiger partial charge in [0.1, 0.15) is 5.41 Å². The summed E-state index contributed by atoms with van der Waals surface area (Å²) in [5, 5.41) is 8.93.